The Labute approximate surface area is 167 Å². The first kappa shape index (κ1) is 18.7. The Morgan fingerprint density at radius 3 is 2.38 bits per heavy atom. The lowest BCUT2D eigenvalue weighted by atomic mass is 10.2. The summed E-state index contributed by atoms with van der Waals surface area (Å²) in [7, 11) is 0. The number of hydrogen-bond donors (Lipinski definition) is 2. The van der Waals surface area contributed by atoms with Gasteiger partial charge in [-0.3, -0.25) is 0 Å². The number of nitrogens with zero attached hydrogens (tertiary/aromatic N) is 4. The van der Waals surface area contributed by atoms with Gasteiger partial charge in [0, 0.05) is 38.1 Å². The van der Waals surface area contributed by atoms with Crippen LogP contribution >= 0.6 is 0 Å². The van der Waals surface area contributed by atoms with Crippen molar-refractivity contribution in [2.24, 2.45) is 0 Å². The molecule has 0 spiro atoms. The largest absolute Gasteiger partial charge is 0.478 e. The van der Waals surface area contributed by atoms with E-state index >= 15 is 0 Å². The number of anilines is 4. The molecule has 1 aliphatic rings. The summed E-state index contributed by atoms with van der Waals surface area (Å²) in [6.45, 7) is 3.00. The minimum Gasteiger partial charge on any atom is -0.478 e. The summed E-state index contributed by atoms with van der Waals surface area (Å²) in [6, 6.07) is 14.9. The van der Waals surface area contributed by atoms with Gasteiger partial charge in [-0.05, 0) is 42.5 Å². The van der Waals surface area contributed by atoms with E-state index in [9.17, 15) is 14.3 Å². The van der Waals surface area contributed by atoms with E-state index in [0.717, 1.165) is 31.9 Å². The summed E-state index contributed by atoms with van der Waals surface area (Å²) in [5, 5.41) is 12.4. The summed E-state index contributed by atoms with van der Waals surface area (Å²) in [5.41, 5.74) is 1.65. The molecule has 2 aromatic carbocycles. The van der Waals surface area contributed by atoms with Crippen LogP contribution in [0.5, 0.6) is 0 Å². The summed E-state index contributed by atoms with van der Waals surface area (Å²) in [5.74, 6) is -0.125. The first-order valence-corrected chi connectivity index (χ1v) is 9.28. The lowest BCUT2D eigenvalue weighted by Gasteiger charge is -2.36. The highest BCUT2D eigenvalue weighted by atomic mass is 19.1. The molecule has 148 valence electrons. The number of carboxylic acid groups (broad SMARTS) is 1. The third kappa shape index (κ3) is 4.26. The standard InChI is InChI=1S/C21H20FN5O2/c22-15-5-7-16(8-6-15)26-11-13-27(14-12-26)21-23-10-9-19(25-21)24-18-4-2-1-3-17(18)20(28)29/h1-10H,11-14H2,(H,28,29)(H,23,24,25). The molecular formula is C21H20FN5O2. The lowest BCUT2D eigenvalue weighted by molar-refractivity contribution is 0.0698. The van der Waals surface area contributed by atoms with Crippen LogP contribution in [0, 0.1) is 5.82 Å². The van der Waals surface area contributed by atoms with Crippen LogP contribution in [0.1, 0.15) is 10.4 Å². The van der Waals surface area contributed by atoms with Gasteiger partial charge in [-0.15, -0.1) is 0 Å². The van der Waals surface area contributed by atoms with Crippen LogP contribution < -0.4 is 15.1 Å². The summed E-state index contributed by atoms with van der Waals surface area (Å²) < 4.78 is 13.1. The first-order valence-electron chi connectivity index (χ1n) is 9.28. The van der Waals surface area contributed by atoms with Crippen molar-refractivity contribution < 1.29 is 14.3 Å². The van der Waals surface area contributed by atoms with Crippen LogP contribution in [0.3, 0.4) is 0 Å². The predicted molar refractivity (Wildman–Crippen MR) is 110 cm³/mol. The van der Waals surface area contributed by atoms with Gasteiger partial charge in [0.2, 0.25) is 5.95 Å². The molecule has 1 aliphatic heterocycles. The molecule has 0 radical (unpaired) electrons. The number of aromatic nitrogens is 2. The van der Waals surface area contributed by atoms with Crippen LogP contribution in [0.25, 0.3) is 0 Å². The fraction of sp³-hybridized carbons (Fsp3) is 0.190. The van der Waals surface area contributed by atoms with Crippen molar-refractivity contribution in [3.63, 3.8) is 0 Å². The smallest absolute Gasteiger partial charge is 0.337 e. The Hall–Kier alpha value is -3.68. The molecule has 3 aromatic rings. The van der Waals surface area contributed by atoms with Gasteiger partial charge in [-0.2, -0.15) is 4.98 Å². The van der Waals surface area contributed by atoms with Gasteiger partial charge in [0.25, 0.3) is 0 Å². The third-order valence-corrected chi connectivity index (χ3v) is 4.82. The second-order valence-electron chi connectivity index (χ2n) is 6.67. The molecule has 1 saturated heterocycles. The molecular weight excluding hydrogens is 373 g/mol. The number of rotatable bonds is 5. The van der Waals surface area contributed by atoms with E-state index < -0.39 is 5.97 Å². The van der Waals surface area contributed by atoms with Gasteiger partial charge in [-0.1, -0.05) is 12.1 Å². The maximum absolute atomic E-state index is 13.1. The molecule has 0 unspecified atom stereocenters. The molecule has 0 atom stereocenters. The van der Waals surface area contributed by atoms with E-state index in [-0.39, 0.29) is 11.4 Å². The lowest BCUT2D eigenvalue weighted by Crippen LogP contribution is -2.47. The molecule has 4 rings (SSSR count). The predicted octanol–water partition coefficient (Wildman–Crippen LogP) is 3.38. The van der Waals surface area contributed by atoms with Gasteiger partial charge in [0.1, 0.15) is 11.6 Å². The second kappa shape index (κ2) is 8.14. The number of carboxylic acids is 1. The highest BCUT2D eigenvalue weighted by Gasteiger charge is 2.20. The maximum Gasteiger partial charge on any atom is 0.337 e. The van der Waals surface area contributed by atoms with Crippen LogP contribution in [-0.2, 0) is 0 Å². The van der Waals surface area contributed by atoms with Crippen molar-refractivity contribution in [2.75, 3.05) is 41.3 Å². The Morgan fingerprint density at radius 2 is 1.66 bits per heavy atom. The minimum atomic E-state index is -1.00. The quantitative estimate of drug-likeness (QED) is 0.688. The van der Waals surface area contributed by atoms with Crippen molar-refractivity contribution in [1.82, 2.24) is 9.97 Å². The number of piperazine rings is 1. The van der Waals surface area contributed by atoms with Gasteiger partial charge < -0.3 is 20.2 Å². The number of benzene rings is 2. The minimum absolute atomic E-state index is 0.181. The number of hydrogen-bond acceptors (Lipinski definition) is 6. The van der Waals surface area contributed by atoms with Crippen molar-refractivity contribution >= 4 is 29.1 Å². The van der Waals surface area contributed by atoms with E-state index in [2.05, 4.69) is 25.1 Å². The van der Waals surface area contributed by atoms with Crippen LogP contribution in [0.4, 0.5) is 27.5 Å². The van der Waals surface area contributed by atoms with Crippen LogP contribution in [-0.4, -0.2) is 47.2 Å². The normalized spacial score (nSPS) is 14.0. The van der Waals surface area contributed by atoms with E-state index in [4.69, 9.17) is 0 Å². The fourth-order valence-corrected chi connectivity index (χ4v) is 3.30. The SMILES string of the molecule is O=C(O)c1ccccc1Nc1ccnc(N2CCN(c3ccc(F)cc3)CC2)n1. The molecule has 1 aromatic heterocycles. The van der Waals surface area contributed by atoms with Gasteiger partial charge in [0.15, 0.2) is 0 Å². The molecule has 0 bridgehead atoms. The summed E-state index contributed by atoms with van der Waals surface area (Å²) in [4.78, 5) is 24.6. The van der Waals surface area contributed by atoms with E-state index in [1.54, 1.807) is 48.7 Å². The maximum atomic E-state index is 13.1. The topological polar surface area (TPSA) is 81.6 Å². The number of carbonyl (C=O) groups is 1. The molecule has 7 nitrogen and oxygen atoms in total. The molecule has 0 aliphatic carbocycles. The summed E-state index contributed by atoms with van der Waals surface area (Å²) in [6.07, 6.45) is 1.65. The van der Waals surface area contributed by atoms with Crippen molar-refractivity contribution in [3.05, 3.63) is 72.2 Å². The first-order chi connectivity index (χ1) is 14.1. The van der Waals surface area contributed by atoms with Crippen molar-refractivity contribution in [2.45, 2.75) is 0 Å². The monoisotopic (exact) mass is 393 g/mol. The Morgan fingerprint density at radius 1 is 0.966 bits per heavy atom. The molecule has 0 amide bonds. The number of aromatic carboxylic acids is 1. The molecule has 29 heavy (non-hydrogen) atoms. The number of para-hydroxylation sites is 1. The molecule has 1 fully saturated rings. The third-order valence-electron chi connectivity index (χ3n) is 4.82. The fourth-order valence-electron chi connectivity index (χ4n) is 3.30. The molecule has 2 N–H and O–H groups in total. The van der Waals surface area contributed by atoms with Gasteiger partial charge in [0.05, 0.1) is 11.3 Å². The number of nitrogens with one attached hydrogen (secondary N) is 1. The zero-order chi connectivity index (χ0) is 20.2. The van der Waals surface area contributed by atoms with Gasteiger partial charge in [-0.25, -0.2) is 14.2 Å². The van der Waals surface area contributed by atoms with E-state index in [1.807, 2.05) is 0 Å². The number of halogens is 1. The molecule has 8 heteroatoms. The van der Waals surface area contributed by atoms with Crippen LogP contribution in [0.15, 0.2) is 60.8 Å². The zero-order valence-corrected chi connectivity index (χ0v) is 15.6. The molecule has 0 saturated carbocycles. The average Bonchev–Trinajstić information content (AvgIpc) is 2.75. The average molecular weight is 393 g/mol. The highest BCUT2D eigenvalue weighted by Crippen LogP contribution is 2.22. The second-order valence-corrected chi connectivity index (χ2v) is 6.67. The highest BCUT2D eigenvalue weighted by molar-refractivity contribution is 5.95. The Bertz CT molecular complexity index is 1000. The Kier molecular flexibility index (Phi) is 5.24. The van der Waals surface area contributed by atoms with Crippen molar-refractivity contribution in [1.29, 1.82) is 0 Å². The Balaban J connectivity index is 1.45. The zero-order valence-electron chi connectivity index (χ0n) is 15.6. The molecule has 2 heterocycles. The van der Waals surface area contributed by atoms with E-state index in [0.29, 0.717) is 17.5 Å². The van der Waals surface area contributed by atoms with Crippen LogP contribution in [0.2, 0.25) is 0 Å². The van der Waals surface area contributed by atoms with Crippen molar-refractivity contribution in [3.8, 4) is 0 Å². The van der Waals surface area contributed by atoms with E-state index in [1.165, 1.54) is 12.1 Å². The summed E-state index contributed by atoms with van der Waals surface area (Å²) >= 11 is 0. The van der Waals surface area contributed by atoms with Gasteiger partial charge >= 0.3 is 5.97 Å².